The second kappa shape index (κ2) is 8.34. The Bertz CT molecular complexity index is 550. The van der Waals surface area contributed by atoms with E-state index in [-0.39, 0.29) is 0 Å². The Morgan fingerprint density at radius 2 is 1.50 bits per heavy atom. The van der Waals surface area contributed by atoms with E-state index in [0.29, 0.717) is 18.0 Å². The summed E-state index contributed by atoms with van der Waals surface area (Å²) in [6.45, 7) is 9.39. The van der Waals surface area contributed by atoms with Crippen LogP contribution in [-0.2, 0) is 0 Å². The largest absolute Gasteiger partial charge is 0.298 e. The van der Waals surface area contributed by atoms with Crippen LogP contribution >= 0.6 is 0 Å². The van der Waals surface area contributed by atoms with Gasteiger partial charge in [0.1, 0.15) is 0 Å². The van der Waals surface area contributed by atoms with Gasteiger partial charge >= 0.3 is 0 Å². The Labute approximate surface area is 158 Å². The maximum atomic E-state index is 4.53. The molecule has 0 amide bonds. The smallest absolute Gasteiger partial charge is 0.168 e. The lowest BCUT2D eigenvalue weighted by Crippen LogP contribution is -2.51. The molecule has 2 aliphatic carbocycles. The monoisotopic (exact) mass is 360 g/mol. The topological polar surface area (TPSA) is 50.1 Å². The second-order valence-corrected chi connectivity index (χ2v) is 9.08. The molecule has 26 heavy (non-hydrogen) atoms. The summed E-state index contributed by atoms with van der Waals surface area (Å²) >= 11 is 0. The third-order valence-electron chi connectivity index (χ3n) is 6.81. The van der Waals surface area contributed by atoms with Gasteiger partial charge in [-0.05, 0) is 48.4 Å². The molecule has 0 spiro atoms. The quantitative estimate of drug-likeness (QED) is 0.778. The molecule has 1 aliphatic heterocycles. The number of piperazine rings is 1. The van der Waals surface area contributed by atoms with Crippen LogP contribution in [0.4, 0.5) is 0 Å². The fourth-order valence-corrected chi connectivity index (χ4v) is 5.38. The first-order valence-electron chi connectivity index (χ1n) is 11.0. The second-order valence-electron chi connectivity index (χ2n) is 9.08. The van der Waals surface area contributed by atoms with Gasteiger partial charge in [0.2, 0.25) is 0 Å². The van der Waals surface area contributed by atoms with Gasteiger partial charge in [-0.1, -0.05) is 39.5 Å². The summed E-state index contributed by atoms with van der Waals surface area (Å²) < 4.78 is 2.18. The highest BCUT2D eigenvalue weighted by molar-refractivity contribution is 4.98. The van der Waals surface area contributed by atoms with Crippen LogP contribution in [0.15, 0.2) is 0 Å². The lowest BCUT2D eigenvalue weighted by atomic mass is 10.00. The van der Waals surface area contributed by atoms with Crippen LogP contribution in [0.2, 0.25) is 0 Å². The summed E-state index contributed by atoms with van der Waals surface area (Å²) in [5.74, 6) is 1.78. The van der Waals surface area contributed by atoms with Crippen LogP contribution in [0, 0.1) is 5.92 Å². The first-order chi connectivity index (χ1) is 12.7. The summed E-state index contributed by atoms with van der Waals surface area (Å²) in [7, 11) is 0. The van der Waals surface area contributed by atoms with Gasteiger partial charge in [0, 0.05) is 32.2 Å². The summed E-state index contributed by atoms with van der Waals surface area (Å²) in [6.07, 6.45) is 11.9. The lowest BCUT2D eigenvalue weighted by molar-refractivity contribution is 0.0580. The molecule has 4 rings (SSSR count). The molecule has 6 nitrogen and oxygen atoms in total. The molecule has 0 unspecified atom stereocenters. The number of hydrogen-bond donors (Lipinski definition) is 0. The average Bonchev–Trinajstić information content (AvgIpc) is 3.41. The van der Waals surface area contributed by atoms with E-state index in [2.05, 4.69) is 43.9 Å². The molecule has 1 aromatic heterocycles. The van der Waals surface area contributed by atoms with E-state index in [0.717, 1.165) is 31.4 Å². The summed E-state index contributed by atoms with van der Waals surface area (Å²) in [5, 5.41) is 13.0. The maximum absolute atomic E-state index is 4.53. The molecule has 2 saturated carbocycles. The molecule has 0 N–H and O–H groups in total. The van der Waals surface area contributed by atoms with E-state index in [1.54, 1.807) is 0 Å². The number of aromatic nitrogens is 4. The fraction of sp³-hybridized carbons (Fsp3) is 0.950. The Morgan fingerprint density at radius 1 is 0.885 bits per heavy atom. The van der Waals surface area contributed by atoms with Crippen molar-refractivity contribution in [2.75, 3.05) is 26.2 Å². The van der Waals surface area contributed by atoms with E-state index in [1.165, 1.54) is 64.5 Å². The zero-order valence-electron chi connectivity index (χ0n) is 16.7. The number of rotatable bonds is 6. The molecule has 1 saturated heterocycles. The molecular weight excluding hydrogens is 324 g/mol. The minimum Gasteiger partial charge on any atom is -0.298 e. The number of tetrazole rings is 1. The van der Waals surface area contributed by atoms with Gasteiger partial charge < -0.3 is 0 Å². The van der Waals surface area contributed by atoms with E-state index >= 15 is 0 Å². The van der Waals surface area contributed by atoms with Crippen molar-refractivity contribution in [2.45, 2.75) is 89.8 Å². The van der Waals surface area contributed by atoms with Gasteiger partial charge in [0.15, 0.2) is 5.82 Å². The van der Waals surface area contributed by atoms with Crippen molar-refractivity contribution in [2.24, 2.45) is 5.92 Å². The zero-order valence-corrected chi connectivity index (χ0v) is 16.7. The summed E-state index contributed by atoms with van der Waals surface area (Å²) in [6, 6.07) is 1.75. The van der Waals surface area contributed by atoms with Crippen molar-refractivity contribution in [3.05, 3.63) is 5.82 Å². The molecule has 6 heteroatoms. The minimum atomic E-state index is 0.372. The molecule has 1 aromatic rings. The maximum Gasteiger partial charge on any atom is 0.168 e. The van der Waals surface area contributed by atoms with Gasteiger partial charge in [0.05, 0.1) is 12.1 Å². The van der Waals surface area contributed by atoms with Crippen molar-refractivity contribution in [1.29, 1.82) is 0 Å². The van der Waals surface area contributed by atoms with Gasteiger partial charge in [-0.25, -0.2) is 4.68 Å². The van der Waals surface area contributed by atoms with Crippen LogP contribution < -0.4 is 0 Å². The SMILES string of the molecule is CC(C)C[C@H](c1nnnn1C1CCCC1)N1CCN(C2CCCC2)CC1. The van der Waals surface area contributed by atoms with Crippen molar-refractivity contribution < 1.29 is 0 Å². The number of hydrogen-bond acceptors (Lipinski definition) is 5. The molecule has 3 fully saturated rings. The van der Waals surface area contributed by atoms with E-state index in [1.807, 2.05) is 0 Å². The van der Waals surface area contributed by atoms with Crippen molar-refractivity contribution in [1.82, 2.24) is 30.0 Å². The van der Waals surface area contributed by atoms with Gasteiger partial charge in [-0.15, -0.1) is 5.10 Å². The van der Waals surface area contributed by atoms with Crippen LogP contribution in [0.3, 0.4) is 0 Å². The van der Waals surface area contributed by atoms with Crippen molar-refractivity contribution in [3.8, 4) is 0 Å². The Kier molecular flexibility index (Phi) is 5.89. The zero-order chi connectivity index (χ0) is 17.9. The van der Waals surface area contributed by atoms with E-state index in [9.17, 15) is 0 Å². The molecule has 0 aromatic carbocycles. The lowest BCUT2D eigenvalue weighted by Gasteiger charge is -2.41. The molecular formula is C20H36N6. The van der Waals surface area contributed by atoms with Crippen molar-refractivity contribution >= 4 is 0 Å². The summed E-state index contributed by atoms with van der Waals surface area (Å²) in [5.41, 5.74) is 0. The summed E-state index contributed by atoms with van der Waals surface area (Å²) in [4.78, 5) is 5.42. The van der Waals surface area contributed by atoms with Crippen LogP contribution in [0.25, 0.3) is 0 Å². The third-order valence-corrected chi connectivity index (χ3v) is 6.81. The normalized spacial score (nSPS) is 25.5. The average molecular weight is 361 g/mol. The van der Waals surface area contributed by atoms with Gasteiger partial charge in [-0.3, -0.25) is 9.80 Å². The van der Waals surface area contributed by atoms with Crippen LogP contribution in [0.5, 0.6) is 0 Å². The molecule has 1 atom stereocenters. The van der Waals surface area contributed by atoms with E-state index < -0.39 is 0 Å². The molecule has 3 aliphatic rings. The molecule has 146 valence electrons. The van der Waals surface area contributed by atoms with E-state index in [4.69, 9.17) is 0 Å². The molecule has 0 bridgehead atoms. The molecule has 0 radical (unpaired) electrons. The van der Waals surface area contributed by atoms with Crippen LogP contribution in [-0.4, -0.2) is 62.2 Å². The Hall–Kier alpha value is -1.01. The third kappa shape index (κ3) is 3.96. The van der Waals surface area contributed by atoms with Crippen LogP contribution in [0.1, 0.15) is 89.5 Å². The Balaban J connectivity index is 1.46. The highest BCUT2D eigenvalue weighted by Gasteiger charge is 2.33. The first kappa shape index (κ1) is 18.4. The Morgan fingerprint density at radius 3 is 2.12 bits per heavy atom. The first-order valence-corrected chi connectivity index (χ1v) is 11.0. The van der Waals surface area contributed by atoms with Gasteiger partial charge in [-0.2, -0.15) is 0 Å². The predicted molar refractivity (Wildman–Crippen MR) is 103 cm³/mol. The predicted octanol–water partition coefficient (Wildman–Crippen LogP) is 3.44. The minimum absolute atomic E-state index is 0.372. The van der Waals surface area contributed by atoms with Crippen molar-refractivity contribution in [3.63, 3.8) is 0 Å². The highest BCUT2D eigenvalue weighted by Crippen LogP contribution is 2.34. The fourth-order valence-electron chi connectivity index (χ4n) is 5.38. The highest BCUT2D eigenvalue weighted by atomic mass is 15.6. The van der Waals surface area contributed by atoms with Gasteiger partial charge in [0.25, 0.3) is 0 Å². The molecule has 2 heterocycles. The number of nitrogens with zero attached hydrogens (tertiary/aromatic N) is 6. The standard InChI is InChI=1S/C20H36N6/c1-16(2)15-19(20-21-22-23-26(20)18-9-5-6-10-18)25-13-11-24(12-14-25)17-7-3-4-8-17/h16-19H,3-15H2,1-2H3/t19-/m1/s1.